The molecule has 10 heteroatoms. The first-order valence-corrected chi connectivity index (χ1v) is 13.1. The first kappa shape index (κ1) is 31.5. The third-order valence-corrected chi connectivity index (χ3v) is 6.08. The molecule has 0 saturated heterocycles. The molecular formula is C31H27F7O3. The van der Waals surface area contributed by atoms with E-state index in [2.05, 4.69) is 18.8 Å². The number of rotatable bonds is 12. The van der Waals surface area contributed by atoms with Crippen molar-refractivity contribution in [2.45, 2.75) is 58.3 Å². The molecule has 0 spiro atoms. The van der Waals surface area contributed by atoms with Crippen molar-refractivity contribution in [2.24, 2.45) is 0 Å². The van der Waals surface area contributed by atoms with Crippen molar-refractivity contribution in [1.82, 2.24) is 0 Å². The summed E-state index contributed by atoms with van der Waals surface area (Å²) in [6.45, 7) is 2.02. The van der Waals surface area contributed by atoms with Gasteiger partial charge in [0.1, 0.15) is 11.3 Å². The predicted octanol–water partition coefficient (Wildman–Crippen LogP) is 8.80. The number of carbonyl (C=O) groups is 1. The second-order valence-electron chi connectivity index (χ2n) is 9.20. The molecule has 0 N–H and O–H groups in total. The second kappa shape index (κ2) is 15.1. The van der Waals surface area contributed by atoms with Crippen LogP contribution in [0.5, 0.6) is 11.5 Å². The molecule has 0 aliphatic rings. The van der Waals surface area contributed by atoms with Crippen LogP contribution in [0.3, 0.4) is 0 Å². The van der Waals surface area contributed by atoms with Gasteiger partial charge in [-0.25, -0.2) is 26.7 Å². The van der Waals surface area contributed by atoms with Crippen LogP contribution in [-0.2, 0) is 0 Å². The largest absolute Gasteiger partial charge is 0.487 e. The minimum atomic E-state index is -1.74. The van der Waals surface area contributed by atoms with Crippen LogP contribution in [0.1, 0.15) is 79.8 Å². The Morgan fingerprint density at radius 1 is 0.683 bits per heavy atom. The fourth-order valence-corrected chi connectivity index (χ4v) is 3.84. The highest BCUT2D eigenvalue weighted by Crippen LogP contribution is 2.30. The molecule has 0 amide bonds. The van der Waals surface area contributed by atoms with Crippen LogP contribution in [0.4, 0.5) is 30.7 Å². The molecule has 0 unspecified atom stereocenters. The van der Waals surface area contributed by atoms with Crippen molar-refractivity contribution in [3.8, 4) is 23.3 Å². The molecule has 41 heavy (non-hydrogen) atoms. The van der Waals surface area contributed by atoms with Crippen molar-refractivity contribution in [2.75, 3.05) is 6.61 Å². The van der Waals surface area contributed by atoms with Gasteiger partial charge in [0, 0.05) is 5.56 Å². The Morgan fingerprint density at radius 3 is 1.78 bits per heavy atom. The Kier molecular flexibility index (Phi) is 11.6. The number of esters is 1. The van der Waals surface area contributed by atoms with Crippen LogP contribution in [-0.4, -0.2) is 12.6 Å². The lowest BCUT2D eigenvalue weighted by atomic mass is 10.1. The van der Waals surface area contributed by atoms with E-state index >= 15 is 0 Å². The highest BCUT2D eigenvalue weighted by Gasteiger charge is 2.26. The number of unbranched alkanes of at least 4 members (excludes halogenated alkanes) is 7. The summed E-state index contributed by atoms with van der Waals surface area (Å²) in [4.78, 5) is 12.1. The number of ether oxygens (including phenoxy) is 2. The summed E-state index contributed by atoms with van der Waals surface area (Å²) in [6, 6.07) is 5.85. The maximum Gasteiger partial charge on any atom is 0.343 e. The monoisotopic (exact) mass is 580 g/mol. The maximum atomic E-state index is 14.5. The van der Waals surface area contributed by atoms with E-state index in [0.717, 1.165) is 38.5 Å². The molecule has 0 aromatic heterocycles. The first-order chi connectivity index (χ1) is 19.6. The van der Waals surface area contributed by atoms with Crippen LogP contribution >= 0.6 is 0 Å². The van der Waals surface area contributed by atoms with Crippen LogP contribution in [0.25, 0.3) is 0 Å². The number of carbonyl (C=O) groups excluding carboxylic acids is 1. The molecule has 0 atom stereocenters. The lowest BCUT2D eigenvalue weighted by molar-refractivity contribution is 0.0733. The molecular weight excluding hydrogens is 553 g/mol. The van der Waals surface area contributed by atoms with Gasteiger partial charge in [-0.3, -0.25) is 0 Å². The highest BCUT2D eigenvalue weighted by molar-refractivity contribution is 5.91. The smallest absolute Gasteiger partial charge is 0.343 e. The third-order valence-electron chi connectivity index (χ3n) is 6.08. The van der Waals surface area contributed by atoms with Crippen molar-refractivity contribution < 1.29 is 45.0 Å². The Bertz CT molecular complexity index is 1370. The molecule has 3 aromatic carbocycles. The van der Waals surface area contributed by atoms with Crippen molar-refractivity contribution >= 4 is 5.97 Å². The average Bonchev–Trinajstić information content (AvgIpc) is 2.96. The maximum absolute atomic E-state index is 14.5. The van der Waals surface area contributed by atoms with E-state index in [4.69, 9.17) is 9.47 Å². The van der Waals surface area contributed by atoms with Gasteiger partial charge in [-0.2, -0.15) is 8.78 Å². The molecule has 218 valence electrons. The van der Waals surface area contributed by atoms with Gasteiger partial charge in [0.15, 0.2) is 34.8 Å². The quantitative estimate of drug-likeness (QED) is 0.0409. The van der Waals surface area contributed by atoms with Gasteiger partial charge in [-0.15, -0.1) is 0 Å². The van der Waals surface area contributed by atoms with Gasteiger partial charge in [0.05, 0.1) is 12.2 Å². The molecule has 0 bridgehead atoms. The zero-order chi connectivity index (χ0) is 29.9. The third kappa shape index (κ3) is 8.49. The van der Waals surface area contributed by atoms with Crippen molar-refractivity contribution in [3.63, 3.8) is 0 Å². The molecule has 0 heterocycles. The first-order valence-electron chi connectivity index (χ1n) is 13.1. The topological polar surface area (TPSA) is 35.5 Å². The molecule has 0 aliphatic carbocycles. The molecule has 3 nitrogen and oxygen atoms in total. The fourth-order valence-electron chi connectivity index (χ4n) is 3.84. The van der Waals surface area contributed by atoms with Crippen LogP contribution < -0.4 is 9.47 Å². The molecule has 0 aliphatic heterocycles. The molecule has 3 aromatic rings. The summed E-state index contributed by atoms with van der Waals surface area (Å²) in [6.07, 6.45) is 7.77. The zero-order valence-corrected chi connectivity index (χ0v) is 22.2. The number of hydrogen-bond acceptors (Lipinski definition) is 3. The van der Waals surface area contributed by atoms with Gasteiger partial charge in [0.25, 0.3) is 0 Å². The molecule has 0 saturated carbocycles. The summed E-state index contributed by atoms with van der Waals surface area (Å²) < 4.78 is 108. The van der Waals surface area contributed by atoms with Gasteiger partial charge < -0.3 is 9.47 Å². The second-order valence-corrected chi connectivity index (χ2v) is 9.20. The molecule has 0 radical (unpaired) electrons. The summed E-state index contributed by atoms with van der Waals surface area (Å²) in [5.74, 6) is -9.68. The molecule has 0 fully saturated rings. The number of benzene rings is 3. The van der Waals surface area contributed by atoms with E-state index in [0.29, 0.717) is 18.6 Å². The Hall–Kier alpha value is -4.00. The van der Waals surface area contributed by atoms with E-state index in [1.165, 1.54) is 30.7 Å². The van der Waals surface area contributed by atoms with E-state index in [1.807, 2.05) is 0 Å². The summed E-state index contributed by atoms with van der Waals surface area (Å²) in [7, 11) is 0. The highest BCUT2D eigenvalue weighted by atomic mass is 19.2. The Balaban J connectivity index is 1.62. The average molecular weight is 581 g/mol. The minimum Gasteiger partial charge on any atom is -0.487 e. The summed E-state index contributed by atoms with van der Waals surface area (Å²) >= 11 is 0. The van der Waals surface area contributed by atoms with Crippen LogP contribution in [0.15, 0.2) is 36.4 Å². The molecule has 3 rings (SSSR count). The van der Waals surface area contributed by atoms with Gasteiger partial charge in [-0.05, 0) is 42.8 Å². The minimum absolute atomic E-state index is 0.0989. The standard InChI is InChI=1S/C31H27F7O3/c1-2-3-4-5-6-7-8-9-16-40-30-28(37)25(34)22(26(35)29(30)38)15-12-19-10-13-21(14-11-19)41-31(39)20-17-23(32)27(36)24(33)18-20/h10-11,13-14,17-18H,2-9,16H2,1H3. The van der Waals surface area contributed by atoms with Crippen LogP contribution in [0, 0.1) is 52.6 Å². The van der Waals surface area contributed by atoms with Gasteiger partial charge >= 0.3 is 5.97 Å². The summed E-state index contributed by atoms with van der Waals surface area (Å²) in [5, 5.41) is 0. The number of hydrogen-bond donors (Lipinski definition) is 0. The predicted molar refractivity (Wildman–Crippen MR) is 138 cm³/mol. The lowest BCUT2D eigenvalue weighted by Crippen LogP contribution is -2.10. The Morgan fingerprint density at radius 2 is 1.22 bits per heavy atom. The number of halogens is 7. The van der Waals surface area contributed by atoms with E-state index in [1.54, 1.807) is 0 Å². The van der Waals surface area contributed by atoms with E-state index < -0.39 is 63.6 Å². The fraction of sp³-hybridized carbons (Fsp3) is 0.323. The van der Waals surface area contributed by atoms with E-state index in [9.17, 15) is 35.5 Å². The zero-order valence-electron chi connectivity index (χ0n) is 22.2. The SMILES string of the molecule is CCCCCCCCCCOc1c(F)c(F)c(C#Cc2ccc(OC(=O)c3cc(F)c(F)c(F)c3)cc2)c(F)c1F. The normalized spacial score (nSPS) is 10.7. The van der Waals surface area contributed by atoms with Gasteiger partial charge in [-0.1, -0.05) is 63.7 Å². The van der Waals surface area contributed by atoms with Gasteiger partial charge in [0.2, 0.25) is 11.6 Å². The lowest BCUT2D eigenvalue weighted by Gasteiger charge is -2.11. The van der Waals surface area contributed by atoms with Crippen LogP contribution in [0.2, 0.25) is 0 Å². The summed E-state index contributed by atoms with van der Waals surface area (Å²) in [5.41, 5.74) is -1.58. The Labute approximate surface area is 233 Å². The van der Waals surface area contributed by atoms with Crippen molar-refractivity contribution in [3.05, 3.63) is 93.8 Å². The van der Waals surface area contributed by atoms with E-state index in [-0.39, 0.29) is 17.9 Å². The van der Waals surface area contributed by atoms with Crippen molar-refractivity contribution in [1.29, 1.82) is 0 Å².